The van der Waals surface area contributed by atoms with Gasteiger partial charge in [0.15, 0.2) is 0 Å². The van der Waals surface area contributed by atoms with E-state index in [0.717, 1.165) is 0 Å². The number of likely N-dealkylation sites (tertiary alicyclic amines) is 1. The van der Waals surface area contributed by atoms with E-state index in [4.69, 9.17) is 0 Å². The molecule has 1 heterocycles. The van der Waals surface area contributed by atoms with E-state index in [0.29, 0.717) is 19.1 Å². The van der Waals surface area contributed by atoms with Gasteiger partial charge in [-0.2, -0.15) is 0 Å². The van der Waals surface area contributed by atoms with Crippen LogP contribution in [-0.4, -0.2) is 30.0 Å². The smallest absolute Gasteiger partial charge is 0.257 e. The average molecular weight is 161 g/mol. The molecule has 1 spiro atoms. The highest BCUT2D eigenvalue weighted by Crippen LogP contribution is 2.65. The first-order chi connectivity index (χ1) is 4.97. The highest BCUT2D eigenvalue weighted by molar-refractivity contribution is 5.18. The zero-order valence-corrected chi connectivity index (χ0v) is 6.90. The normalized spacial score (nSPS) is 32.5. The van der Waals surface area contributed by atoms with Crippen LogP contribution in [0.15, 0.2) is 0 Å². The van der Waals surface area contributed by atoms with Gasteiger partial charge < -0.3 is 0 Å². The van der Waals surface area contributed by atoms with Crippen LogP contribution in [0.2, 0.25) is 0 Å². The number of nitrogens with zero attached hydrogens (tertiary/aromatic N) is 1. The van der Waals surface area contributed by atoms with E-state index in [2.05, 4.69) is 4.90 Å². The summed E-state index contributed by atoms with van der Waals surface area (Å²) >= 11 is 0. The molecule has 1 saturated carbocycles. The Morgan fingerprint density at radius 1 is 1.27 bits per heavy atom. The minimum absolute atomic E-state index is 0.128. The van der Waals surface area contributed by atoms with Gasteiger partial charge in [0, 0.05) is 25.6 Å². The van der Waals surface area contributed by atoms with Crippen LogP contribution in [0.3, 0.4) is 0 Å². The van der Waals surface area contributed by atoms with Gasteiger partial charge >= 0.3 is 0 Å². The van der Waals surface area contributed by atoms with E-state index in [9.17, 15) is 8.78 Å². The fourth-order valence-corrected chi connectivity index (χ4v) is 1.82. The molecule has 0 aromatic heterocycles. The Hall–Kier alpha value is -0.180. The van der Waals surface area contributed by atoms with E-state index in [-0.39, 0.29) is 6.42 Å². The number of halogens is 2. The summed E-state index contributed by atoms with van der Waals surface area (Å²) in [6.45, 7) is 5.32. The molecule has 0 aromatic carbocycles. The van der Waals surface area contributed by atoms with E-state index in [1.165, 1.54) is 0 Å². The van der Waals surface area contributed by atoms with Gasteiger partial charge in [-0.1, -0.05) is 0 Å². The predicted molar refractivity (Wildman–Crippen MR) is 38.7 cm³/mol. The van der Waals surface area contributed by atoms with Crippen LogP contribution < -0.4 is 0 Å². The van der Waals surface area contributed by atoms with Gasteiger partial charge in [0.05, 0.1) is 5.41 Å². The van der Waals surface area contributed by atoms with Gasteiger partial charge in [0.25, 0.3) is 5.92 Å². The first-order valence-corrected chi connectivity index (χ1v) is 4.09. The van der Waals surface area contributed by atoms with Crippen LogP contribution in [0.4, 0.5) is 8.78 Å². The molecule has 2 rings (SSSR count). The number of alkyl halides is 2. The minimum Gasteiger partial charge on any atom is -0.299 e. The fraction of sp³-hybridized carbons (Fsp3) is 1.00. The molecule has 0 N–H and O–H groups in total. The molecule has 0 amide bonds. The molecule has 0 radical (unpaired) electrons. The quantitative estimate of drug-likeness (QED) is 0.566. The number of hydrogen-bond acceptors (Lipinski definition) is 1. The minimum atomic E-state index is -2.33. The third-order valence-electron chi connectivity index (χ3n) is 2.95. The summed E-state index contributed by atoms with van der Waals surface area (Å²) in [6.07, 6.45) is 0.128. The van der Waals surface area contributed by atoms with Gasteiger partial charge in [-0.3, -0.25) is 4.90 Å². The molecule has 11 heavy (non-hydrogen) atoms. The van der Waals surface area contributed by atoms with Crippen molar-refractivity contribution in [3.8, 4) is 0 Å². The Bertz CT molecular complexity index is 183. The number of rotatable bonds is 1. The topological polar surface area (TPSA) is 3.24 Å². The Morgan fingerprint density at radius 2 is 1.73 bits per heavy atom. The van der Waals surface area contributed by atoms with E-state index in [1.807, 2.05) is 13.8 Å². The highest BCUT2D eigenvalue weighted by atomic mass is 19.3. The summed E-state index contributed by atoms with van der Waals surface area (Å²) in [5, 5.41) is 0. The Kier molecular flexibility index (Phi) is 1.20. The van der Waals surface area contributed by atoms with Gasteiger partial charge in [-0.25, -0.2) is 8.78 Å². The summed E-state index contributed by atoms with van der Waals surface area (Å²) < 4.78 is 25.3. The third kappa shape index (κ3) is 0.835. The molecule has 0 bridgehead atoms. The molecule has 0 atom stereocenters. The van der Waals surface area contributed by atoms with Crippen molar-refractivity contribution in [1.29, 1.82) is 0 Å². The Labute approximate surface area is 65.4 Å². The first kappa shape index (κ1) is 7.47. The summed E-state index contributed by atoms with van der Waals surface area (Å²) in [7, 11) is 0. The molecule has 2 aliphatic rings. The molecule has 0 aromatic rings. The first-order valence-electron chi connectivity index (χ1n) is 4.09. The van der Waals surface area contributed by atoms with Gasteiger partial charge in [0.2, 0.25) is 0 Å². The maximum atomic E-state index is 12.6. The maximum absolute atomic E-state index is 12.6. The van der Waals surface area contributed by atoms with Crippen LogP contribution in [0.1, 0.15) is 20.3 Å². The lowest BCUT2D eigenvalue weighted by molar-refractivity contribution is -0.0375. The van der Waals surface area contributed by atoms with E-state index >= 15 is 0 Å². The highest BCUT2D eigenvalue weighted by Gasteiger charge is 2.75. The fourth-order valence-electron chi connectivity index (χ4n) is 1.82. The van der Waals surface area contributed by atoms with Crippen LogP contribution in [0.5, 0.6) is 0 Å². The monoisotopic (exact) mass is 161 g/mol. The maximum Gasteiger partial charge on any atom is 0.257 e. The van der Waals surface area contributed by atoms with Gasteiger partial charge in [-0.05, 0) is 13.8 Å². The number of hydrogen-bond donors (Lipinski definition) is 0. The zero-order valence-electron chi connectivity index (χ0n) is 6.90. The van der Waals surface area contributed by atoms with Crippen molar-refractivity contribution in [1.82, 2.24) is 4.90 Å². The summed E-state index contributed by atoms with van der Waals surface area (Å²) in [5.41, 5.74) is -0.586. The molecule has 1 aliphatic carbocycles. The van der Waals surface area contributed by atoms with Crippen LogP contribution in [0.25, 0.3) is 0 Å². The van der Waals surface area contributed by atoms with Crippen molar-refractivity contribution in [3.63, 3.8) is 0 Å². The molecule has 1 nitrogen and oxygen atoms in total. The van der Waals surface area contributed by atoms with Crippen molar-refractivity contribution >= 4 is 0 Å². The van der Waals surface area contributed by atoms with Crippen molar-refractivity contribution in [2.75, 3.05) is 13.1 Å². The summed E-state index contributed by atoms with van der Waals surface area (Å²) in [6, 6.07) is 0.428. The molecule has 1 aliphatic heterocycles. The molecule has 64 valence electrons. The van der Waals surface area contributed by atoms with E-state index in [1.54, 1.807) is 0 Å². The van der Waals surface area contributed by atoms with Crippen molar-refractivity contribution < 1.29 is 8.78 Å². The largest absolute Gasteiger partial charge is 0.299 e. The third-order valence-corrected chi connectivity index (χ3v) is 2.95. The second-order valence-electron chi connectivity index (χ2n) is 4.16. The van der Waals surface area contributed by atoms with Crippen molar-refractivity contribution in [2.24, 2.45) is 5.41 Å². The van der Waals surface area contributed by atoms with Crippen LogP contribution in [-0.2, 0) is 0 Å². The van der Waals surface area contributed by atoms with Crippen molar-refractivity contribution in [3.05, 3.63) is 0 Å². The molecule has 0 unspecified atom stereocenters. The summed E-state index contributed by atoms with van der Waals surface area (Å²) in [4.78, 5) is 2.10. The molecule has 1 saturated heterocycles. The second kappa shape index (κ2) is 1.76. The lowest BCUT2D eigenvalue weighted by Gasteiger charge is -2.42. The van der Waals surface area contributed by atoms with E-state index < -0.39 is 11.3 Å². The van der Waals surface area contributed by atoms with Gasteiger partial charge in [0.1, 0.15) is 0 Å². The zero-order chi connectivity index (χ0) is 8.28. The van der Waals surface area contributed by atoms with Crippen LogP contribution in [0, 0.1) is 5.41 Å². The molecule has 2 fully saturated rings. The lowest BCUT2D eigenvalue weighted by atomic mass is 9.94. The Morgan fingerprint density at radius 3 is 2.00 bits per heavy atom. The SMILES string of the molecule is CC(C)N1CC2(C1)CC2(F)F. The molecular weight excluding hydrogens is 148 g/mol. The second-order valence-corrected chi connectivity index (χ2v) is 4.16. The lowest BCUT2D eigenvalue weighted by Crippen LogP contribution is -2.54. The summed E-state index contributed by atoms with van der Waals surface area (Å²) in [5.74, 6) is -2.33. The Balaban J connectivity index is 1.90. The molecular formula is C8H13F2N. The predicted octanol–water partition coefficient (Wildman–Crippen LogP) is 1.74. The molecule has 3 heteroatoms. The van der Waals surface area contributed by atoms with Crippen LogP contribution >= 0.6 is 0 Å². The average Bonchev–Trinajstić information content (AvgIpc) is 2.29. The van der Waals surface area contributed by atoms with Crippen molar-refractivity contribution in [2.45, 2.75) is 32.2 Å². The van der Waals surface area contributed by atoms with Gasteiger partial charge in [-0.15, -0.1) is 0 Å². The standard InChI is InChI=1S/C8H13F2N/c1-6(2)11-4-7(5-11)3-8(7,9)10/h6H,3-5H2,1-2H3.